The number of carbonyl (C=O) groups is 1. The first-order valence-electron chi connectivity index (χ1n) is 5.48. The Kier molecular flexibility index (Phi) is 3.69. The minimum absolute atomic E-state index is 0.0245. The first-order chi connectivity index (χ1) is 9.47. The van der Waals surface area contributed by atoms with E-state index in [1.807, 2.05) is 0 Å². The Morgan fingerprint density at radius 2 is 1.80 bits per heavy atom. The Bertz CT molecular complexity index is 689. The summed E-state index contributed by atoms with van der Waals surface area (Å²) >= 11 is 0. The van der Waals surface area contributed by atoms with Gasteiger partial charge in [-0.2, -0.15) is 0 Å². The third kappa shape index (κ3) is 2.94. The molecular formula is C13H8F2N2O3. The zero-order valence-corrected chi connectivity index (χ0v) is 9.97. The SMILES string of the molecule is O=C(Nc1cc(F)ccc1[N+](=O)[O-])c1cccc(F)c1. The van der Waals surface area contributed by atoms with E-state index in [1.54, 1.807) is 0 Å². The predicted molar refractivity (Wildman–Crippen MR) is 67.4 cm³/mol. The van der Waals surface area contributed by atoms with Crippen molar-refractivity contribution in [3.63, 3.8) is 0 Å². The average molecular weight is 278 g/mol. The molecule has 0 atom stereocenters. The minimum atomic E-state index is -0.766. The van der Waals surface area contributed by atoms with Gasteiger partial charge < -0.3 is 5.32 Å². The molecule has 0 heterocycles. The fourth-order valence-corrected chi connectivity index (χ4v) is 1.59. The van der Waals surface area contributed by atoms with Gasteiger partial charge in [-0.1, -0.05) is 6.07 Å². The van der Waals surface area contributed by atoms with E-state index >= 15 is 0 Å². The molecule has 0 aliphatic rings. The van der Waals surface area contributed by atoms with E-state index in [4.69, 9.17) is 0 Å². The standard InChI is InChI=1S/C13H8F2N2O3/c14-9-3-1-2-8(6-9)13(18)16-11-7-10(15)4-5-12(11)17(19)20/h1-7H,(H,16,18). The zero-order chi connectivity index (χ0) is 14.7. The Morgan fingerprint density at radius 1 is 1.10 bits per heavy atom. The molecule has 2 aromatic carbocycles. The van der Waals surface area contributed by atoms with E-state index in [1.165, 1.54) is 12.1 Å². The van der Waals surface area contributed by atoms with Gasteiger partial charge in [-0.05, 0) is 24.3 Å². The lowest BCUT2D eigenvalue weighted by molar-refractivity contribution is -0.384. The van der Waals surface area contributed by atoms with Gasteiger partial charge in [-0.3, -0.25) is 14.9 Å². The monoisotopic (exact) mass is 278 g/mol. The molecule has 1 N–H and O–H groups in total. The van der Waals surface area contributed by atoms with Crippen LogP contribution in [0.25, 0.3) is 0 Å². The fourth-order valence-electron chi connectivity index (χ4n) is 1.59. The third-order valence-corrected chi connectivity index (χ3v) is 2.49. The second-order valence-corrected chi connectivity index (χ2v) is 3.88. The van der Waals surface area contributed by atoms with Crippen LogP contribution in [0.15, 0.2) is 42.5 Å². The third-order valence-electron chi connectivity index (χ3n) is 2.49. The molecule has 0 radical (unpaired) electrons. The number of nitrogens with zero attached hydrogens (tertiary/aromatic N) is 1. The molecule has 1 amide bonds. The highest BCUT2D eigenvalue weighted by molar-refractivity contribution is 6.05. The van der Waals surface area contributed by atoms with Gasteiger partial charge >= 0.3 is 0 Å². The number of nitro groups is 1. The lowest BCUT2D eigenvalue weighted by Crippen LogP contribution is -2.13. The van der Waals surface area contributed by atoms with Crippen molar-refractivity contribution in [1.82, 2.24) is 0 Å². The number of halogens is 2. The quantitative estimate of drug-likeness (QED) is 0.692. The molecule has 0 saturated heterocycles. The van der Waals surface area contributed by atoms with Gasteiger partial charge in [0.05, 0.1) is 4.92 Å². The molecule has 2 aromatic rings. The fraction of sp³-hybridized carbons (Fsp3) is 0. The number of anilines is 1. The smallest absolute Gasteiger partial charge is 0.292 e. The summed E-state index contributed by atoms with van der Waals surface area (Å²) in [5.41, 5.74) is -0.760. The number of rotatable bonds is 3. The molecular weight excluding hydrogens is 270 g/mol. The van der Waals surface area contributed by atoms with Crippen molar-refractivity contribution in [3.05, 3.63) is 69.8 Å². The number of hydrogen-bond donors (Lipinski definition) is 1. The van der Waals surface area contributed by atoms with Crippen LogP contribution in [0, 0.1) is 21.7 Å². The molecule has 0 aliphatic heterocycles. The number of nitrogens with one attached hydrogen (secondary N) is 1. The van der Waals surface area contributed by atoms with Crippen LogP contribution >= 0.6 is 0 Å². The summed E-state index contributed by atoms with van der Waals surface area (Å²) in [5.74, 6) is -2.12. The summed E-state index contributed by atoms with van der Waals surface area (Å²) in [7, 11) is 0. The average Bonchev–Trinajstić information content (AvgIpc) is 2.38. The minimum Gasteiger partial charge on any atom is -0.316 e. The first kappa shape index (κ1) is 13.6. The first-order valence-corrected chi connectivity index (χ1v) is 5.48. The summed E-state index contributed by atoms with van der Waals surface area (Å²) in [6.07, 6.45) is 0. The Morgan fingerprint density at radius 3 is 2.45 bits per heavy atom. The van der Waals surface area contributed by atoms with Crippen LogP contribution in [0.4, 0.5) is 20.2 Å². The van der Waals surface area contributed by atoms with Crippen LogP contribution in [0.3, 0.4) is 0 Å². The molecule has 0 fully saturated rings. The maximum atomic E-state index is 13.1. The summed E-state index contributed by atoms with van der Waals surface area (Å²) in [6.45, 7) is 0. The normalized spacial score (nSPS) is 10.1. The Hall–Kier alpha value is -2.83. The highest BCUT2D eigenvalue weighted by Crippen LogP contribution is 2.25. The lowest BCUT2D eigenvalue weighted by atomic mass is 10.2. The van der Waals surface area contributed by atoms with E-state index < -0.39 is 28.2 Å². The summed E-state index contributed by atoms with van der Waals surface area (Å²) in [6, 6.07) is 7.47. The number of carbonyl (C=O) groups excluding carboxylic acids is 1. The second-order valence-electron chi connectivity index (χ2n) is 3.88. The molecule has 0 spiro atoms. The van der Waals surface area contributed by atoms with Crippen LogP contribution in [0.5, 0.6) is 0 Å². The molecule has 20 heavy (non-hydrogen) atoms. The van der Waals surface area contributed by atoms with Crippen molar-refractivity contribution in [3.8, 4) is 0 Å². The summed E-state index contributed by atoms with van der Waals surface area (Å²) in [4.78, 5) is 21.9. The maximum absolute atomic E-state index is 13.1. The predicted octanol–water partition coefficient (Wildman–Crippen LogP) is 3.13. The number of benzene rings is 2. The highest BCUT2D eigenvalue weighted by Gasteiger charge is 2.17. The van der Waals surface area contributed by atoms with Gasteiger partial charge in [0.25, 0.3) is 11.6 Å². The molecule has 5 nitrogen and oxygen atoms in total. The molecule has 7 heteroatoms. The second kappa shape index (κ2) is 5.43. The van der Waals surface area contributed by atoms with Crippen LogP contribution in [-0.2, 0) is 0 Å². The topological polar surface area (TPSA) is 72.2 Å². The lowest BCUT2D eigenvalue weighted by Gasteiger charge is -2.06. The highest BCUT2D eigenvalue weighted by atomic mass is 19.1. The van der Waals surface area contributed by atoms with Gasteiger partial charge in [-0.15, -0.1) is 0 Å². The molecule has 0 aliphatic carbocycles. The van der Waals surface area contributed by atoms with Gasteiger partial charge in [0.1, 0.15) is 17.3 Å². The van der Waals surface area contributed by atoms with Crippen molar-refractivity contribution >= 4 is 17.3 Å². The van der Waals surface area contributed by atoms with E-state index in [-0.39, 0.29) is 11.3 Å². The zero-order valence-electron chi connectivity index (χ0n) is 9.97. The van der Waals surface area contributed by atoms with Crippen LogP contribution in [0.2, 0.25) is 0 Å². The summed E-state index contributed by atoms with van der Waals surface area (Å²) < 4.78 is 26.1. The molecule has 0 unspecified atom stereocenters. The van der Waals surface area contributed by atoms with Crippen molar-refractivity contribution in [2.45, 2.75) is 0 Å². The molecule has 0 bridgehead atoms. The van der Waals surface area contributed by atoms with Gasteiger partial charge in [0.15, 0.2) is 0 Å². The molecule has 102 valence electrons. The van der Waals surface area contributed by atoms with Crippen molar-refractivity contribution < 1.29 is 18.5 Å². The molecule has 0 aromatic heterocycles. The van der Waals surface area contributed by atoms with Gasteiger partial charge in [-0.25, -0.2) is 8.78 Å². The van der Waals surface area contributed by atoms with Crippen molar-refractivity contribution in [1.29, 1.82) is 0 Å². The van der Waals surface area contributed by atoms with Crippen LogP contribution < -0.4 is 5.32 Å². The Balaban J connectivity index is 2.32. The van der Waals surface area contributed by atoms with E-state index in [0.29, 0.717) is 0 Å². The molecule has 0 saturated carbocycles. The van der Waals surface area contributed by atoms with Crippen molar-refractivity contribution in [2.24, 2.45) is 0 Å². The Labute approximate surface area is 112 Å². The van der Waals surface area contributed by atoms with Crippen LogP contribution in [-0.4, -0.2) is 10.8 Å². The summed E-state index contributed by atoms with van der Waals surface area (Å²) in [5, 5.41) is 13.0. The maximum Gasteiger partial charge on any atom is 0.292 e. The van der Waals surface area contributed by atoms with Gasteiger partial charge in [0.2, 0.25) is 0 Å². The number of nitro benzene ring substituents is 1. The van der Waals surface area contributed by atoms with Crippen molar-refractivity contribution in [2.75, 3.05) is 5.32 Å². The van der Waals surface area contributed by atoms with E-state index in [9.17, 15) is 23.7 Å². The van der Waals surface area contributed by atoms with Gasteiger partial charge in [0, 0.05) is 17.7 Å². The number of hydrogen-bond acceptors (Lipinski definition) is 3. The molecule has 2 rings (SSSR count). The largest absolute Gasteiger partial charge is 0.316 e. The number of amides is 1. The van der Waals surface area contributed by atoms with E-state index in [0.717, 1.165) is 30.3 Å². The van der Waals surface area contributed by atoms with E-state index in [2.05, 4.69) is 5.32 Å². The van der Waals surface area contributed by atoms with Crippen LogP contribution in [0.1, 0.15) is 10.4 Å².